The lowest BCUT2D eigenvalue weighted by atomic mass is 10.2. The second-order valence-electron chi connectivity index (χ2n) is 6.31. The first-order valence-electron chi connectivity index (χ1n) is 9.11. The Morgan fingerprint density at radius 2 is 1.79 bits per heavy atom. The molecule has 1 saturated heterocycles. The van der Waals surface area contributed by atoms with Crippen molar-refractivity contribution in [2.24, 2.45) is 0 Å². The van der Waals surface area contributed by atoms with E-state index in [2.05, 4.69) is 9.71 Å². The van der Waals surface area contributed by atoms with E-state index in [4.69, 9.17) is 4.74 Å². The normalized spacial score (nSPS) is 14.5. The zero-order valence-electron chi connectivity index (χ0n) is 15.9. The number of rotatable bonds is 6. The van der Waals surface area contributed by atoms with Gasteiger partial charge in [-0.25, -0.2) is 18.2 Å². The van der Waals surface area contributed by atoms with Gasteiger partial charge in [-0.05, 0) is 19.1 Å². The number of nitrogens with one attached hydrogen (secondary N) is 1. The first-order chi connectivity index (χ1) is 13.9. The van der Waals surface area contributed by atoms with Crippen molar-refractivity contribution in [1.82, 2.24) is 14.8 Å². The fraction of sp³-hybridized carbons (Fsp3) is 0.389. The van der Waals surface area contributed by atoms with Gasteiger partial charge in [0.15, 0.2) is 5.13 Å². The van der Waals surface area contributed by atoms with Crippen LogP contribution in [0.2, 0.25) is 0 Å². The molecule has 0 aliphatic carbocycles. The van der Waals surface area contributed by atoms with Gasteiger partial charge in [-0.1, -0.05) is 18.2 Å². The number of nitrogens with zero attached hydrogens (tertiary/aromatic N) is 3. The summed E-state index contributed by atoms with van der Waals surface area (Å²) in [7, 11) is -3.71. The largest absolute Gasteiger partial charge is 0.450 e. The van der Waals surface area contributed by atoms with Crippen molar-refractivity contribution in [3.63, 3.8) is 0 Å². The molecule has 0 atom stereocenters. The second-order valence-corrected chi connectivity index (χ2v) is 8.85. The van der Waals surface area contributed by atoms with E-state index < -0.39 is 10.0 Å². The van der Waals surface area contributed by atoms with E-state index in [1.165, 1.54) is 12.1 Å². The van der Waals surface area contributed by atoms with Crippen LogP contribution in [-0.4, -0.2) is 68.0 Å². The molecule has 9 nitrogen and oxygen atoms in total. The maximum absolute atomic E-state index is 12.5. The standard InChI is InChI=1S/C18H22N4O5S2/c1-2-27-18(24)22-10-8-21(9-11-22)16(23)12-14-13-28-17(19-14)20-29(25,26)15-6-4-3-5-7-15/h3-7,13H,2,8-12H2,1H3,(H,19,20). The topological polar surface area (TPSA) is 109 Å². The van der Waals surface area contributed by atoms with Crippen molar-refractivity contribution in [3.8, 4) is 0 Å². The lowest BCUT2D eigenvalue weighted by molar-refractivity contribution is -0.132. The maximum atomic E-state index is 12.5. The highest BCUT2D eigenvalue weighted by atomic mass is 32.2. The number of carbonyl (C=O) groups is 2. The third-order valence-electron chi connectivity index (χ3n) is 4.32. The van der Waals surface area contributed by atoms with E-state index in [-0.39, 0.29) is 28.4 Å². The fourth-order valence-electron chi connectivity index (χ4n) is 2.83. The van der Waals surface area contributed by atoms with Crippen molar-refractivity contribution >= 4 is 38.5 Å². The number of thiazole rings is 1. The van der Waals surface area contributed by atoms with Gasteiger partial charge in [-0.2, -0.15) is 0 Å². The van der Waals surface area contributed by atoms with Crippen LogP contribution in [0.15, 0.2) is 40.6 Å². The highest BCUT2D eigenvalue weighted by Gasteiger charge is 2.25. The van der Waals surface area contributed by atoms with Crippen LogP contribution < -0.4 is 4.72 Å². The summed E-state index contributed by atoms with van der Waals surface area (Å²) in [5.74, 6) is -0.115. The lowest BCUT2D eigenvalue weighted by Gasteiger charge is -2.34. The maximum Gasteiger partial charge on any atom is 0.409 e. The van der Waals surface area contributed by atoms with Crippen LogP contribution in [0.3, 0.4) is 0 Å². The lowest BCUT2D eigenvalue weighted by Crippen LogP contribution is -2.51. The van der Waals surface area contributed by atoms with Crippen LogP contribution in [0.5, 0.6) is 0 Å². The van der Waals surface area contributed by atoms with E-state index in [1.54, 1.807) is 40.3 Å². The zero-order chi connectivity index (χ0) is 20.9. The number of hydrogen-bond donors (Lipinski definition) is 1. The molecule has 1 fully saturated rings. The second kappa shape index (κ2) is 9.23. The van der Waals surface area contributed by atoms with Crippen LogP contribution >= 0.6 is 11.3 Å². The van der Waals surface area contributed by atoms with Crippen molar-refractivity contribution in [3.05, 3.63) is 41.4 Å². The summed E-state index contributed by atoms with van der Waals surface area (Å²) in [4.78, 5) is 31.8. The highest BCUT2D eigenvalue weighted by Crippen LogP contribution is 2.21. The molecule has 2 amide bonds. The van der Waals surface area contributed by atoms with Crippen LogP contribution in [0.1, 0.15) is 12.6 Å². The molecule has 2 aromatic rings. The van der Waals surface area contributed by atoms with E-state index in [0.717, 1.165) is 11.3 Å². The van der Waals surface area contributed by atoms with Gasteiger partial charge < -0.3 is 14.5 Å². The molecule has 2 heterocycles. The summed E-state index contributed by atoms with van der Waals surface area (Å²) in [6.07, 6.45) is -0.294. The molecule has 1 aromatic heterocycles. The van der Waals surface area contributed by atoms with Crippen molar-refractivity contribution in [2.45, 2.75) is 18.2 Å². The van der Waals surface area contributed by atoms with E-state index in [9.17, 15) is 18.0 Å². The molecule has 0 spiro atoms. The summed E-state index contributed by atoms with van der Waals surface area (Å²) < 4.78 is 32.1. The number of aromatic nitrogens is 1. The molecule has 3 rings (SSSR count). The quantitative estimate of drug-likeness (QED) is 0.737. The first-order valence-corrected chi connectivity index (χ1v) is 11.5. The van der Waals surface area contributed by atoms with Gasteiger partial charge in [0.05, 0.1) is 23.6 Å². The van der Waals surface area contributed by atoms with Crippen LogP contribution in [0.4, 0.5) is 9.93 Å². The van der Waals surface area contributed by atoms with Crippen LogP contribution in [-0.2, 0) is 26.0 Å². The monoisotopic (exact) mass is 438 g/mol. The third-order valence-corrected chi connectivity index (χ3v) is 6.61. The number of hydrogen-bond acceptors (Lipinski definition) is 7. The predicted octanol–water partition coefficient (Wildman–Crippen LogP) is 1.79. The average molecular weight is 439 g/mol. The summed E-state index contributed by atoms with van der Waals surface area (Å²) >= 11 is 1.13. The minimum absolute atomic E-state index is 0.0724. The Morgan fingerprint density at radius 3 is 2.45 bits per heavy atom. The van der Waals surface area contributed by atoms with Crippen molar-refractivity contribution in [2.75, 3.05) is 37.5 Å². The molecular formula is C18H22N4O5S2. The summed E-state index contributed by atoms with van der Waals surface area (Å²) in [6, 6.07) is 8.01. The van der Waals surface area contributed by atoms with Crippen molar-refractivity contribution < 1.29 is 22.7 Å². The molecule has 0 unspecified atom stereocenters. The van der Waals surface area contributed by atoms with Gasteiger partial charge in [0.1, 0.15) is 0 Å². The molecule has 1 aromatic carbocycles. The van der Waals surface area contributed by atoms with Gasteiger partial charge in [-0.15, -0.1) is 11.3 Å². The van der Waals surface area contributed by atoms with Gasteiger partial charge in [0.2, 0.25) is 5.91 Å². The SMILES string of the molecule is CCOC(=O)N1CCN(C(=O)Cc2csc(NS(=O)(=O)c3ccccc3)n2)CC1. The molecule has 1 N–H and O–H groups in total. The van der Waals surface area contributed by atoms with Crippen molar-refractivity contribution in [1.29, 1.82) is 0 Å². The number of piperazine rings is 1. The van der Waals surface area contributed by atoms with Gasteiger partial charge in [0.25, 0.3) is 10.0 Å². The minimum atomic E-state index is -3.71. The molecule has 0 saturated carbocycles. The number of anilines is 1. The van der Waals surface area contributed by atoms with E-state index in [0.29, 0.717) is 38.5 Å². The number of sulfonamides is 1. The van der Waals surface area contributed by atoms with E-state index >= 15 is 0 Å². The number of amides is 2. The predicted molar refractivity (Wildman–Crippen MR) is 108 cm³/mol. The van der Waals surface area contributed by atoms with Gasteiger partial charge >= 0.3 is 6.09 Å². The van der Waals surface area contributed by atoms with Gasteiger partial charge in [-0.3, -0.25) is 9.52 Å². The van der Waals surface area contributed by atoms with E-state index in [1.807, 2.05) is 0 Å². The Kier molecular flexibility index (Phi) is 6.70. The Hall–Kier alpha value is -2.66. The molecule has 29 heavy (non-hydrogen) atoms. The average Bonchev–Trinajstić information content (AvgIpc) is 3.15. The first kappa shape index (κ1) is 21.1. The Bertz CT molecular complexity index is 954. The molecule has 0 radical (unpaired) electrons. The molecule has 156 valence electrons. The van der Waals surface area contributed by atoms with Gasteiger partial charge in [0, 0.05) is 31.6 Å². The molecule has 0 bridgehead atoms. The molecule has 1 aliphatic heterocycles. The Morgan fingerprint density at radius 1 is 1.14 bits per heavy atom. The minimum Gasteiger partial charge on any atom is -0.450 e. The summed E-state index contributed by atoms with van der Waals surface area (Å²) in [5.41, 5.74) is 0.499. The smallest absolute Gasteiger partial charge is 0.409 e. The number of carbonyl (C=O) groups excluding carboxylic acids is 2. The number of benzene rings is 1. The third kappa shape index (κ3) is 5.45. The van der Waals surface area contributed by atoms with Crippen LogP contribution in [0, 0.1) is 0 Å². The Labute approximate surface area is 173 Å². The summed E-state index contributed by atoms with van der Waals surface area (Å²) in [5, 5.41) is 1.87. The highest BCUT2D eigenvalue weighted by molar-refractivity contribution is 7.93. The fourth-order valence-corrected chi connectivity index (χ4v) is 4.81. The van der Waals surface area contributed by atoms with Crippen LogP contribution in [0.25, 0.3) is 0 Å². The number of ether oxygens (including phenoxy) is 1. The molecule has 11 heteroatoms. The summed E-state index contributed by atoms with van der Waals surface area (Å²) in [6.45, 7) is 3.76. The Balaban J connectivity index is 1.54. The molecular weight excluding hydrogens is 416 g/mol. The molecule has 1 aliphatic rings. The zero-order valence-corrected chi connectivity index (χ0v) is 17.5.